The second-order valence-electron chi connectivity index (χ2n) is 4.85. The minimum Gasteiger partial charge on any atom is -0.305 e. The van der Waals surface area contributed by atoms with E-state index in [-0.39, 0.29) is 5.56 Å². The van der Waals surface area contributed by atoms with Crippen LogP contribution in [0.5, 0.6) is 0 Å². The van der Waals surface area contributed by atoms with Gasteiger partial charge < -0.3 is 5.32 Å². The Balaban J connectivity index is 2.56. The molecule has 2 aromatic rings. The number of nitrogens with zero attached hydrogens (tertiary/aromatic N) is 1. The third kappa shape index (κ3) is 3.39. The van der Waals surface area contributed by atoms with Crippen LogP contribution in [0, 0.1) is 18.6 Å². The average Bonchev–Trinajstić information content (AvgIpc) is 2.47. The molecular formula is C16H17ClF2N2. The lowest BCUT2D eigenvalue weighted by atomic mass is 9.99. The Morgan fingerprint density at radius 3 is 2.71 bits per heavy atom. The van der Waals surface area contributed by atoms with E-state index in [4.69, 9.17) is 11.6 Å². The summed E-state index contributed by atoms with van der Waals surface area (Å²) in [7, 11) is 0. The molecule has 5 heteroatoms. The third-order valence-corrected chi connectivity index (χ3v) is 3.59. The zero-order chi connectivity index (χ0) is 15.4. The quantitative estimate of drug-likeness (QED) is 0.885. The highest BCUT2D eigenvalue weighted by molar-refractivity contribution is 6.31. The maximum Gasteiger partial charge on any atom is 0.134 e. The standard InChI is InChI=1S/C16H17ClF2N2/c1-3-8-20-16(15-11(17)5-4-9-21-15)13-12(18)7-6-10(2)14(13)19/h4-7,9,16,20H,3,8H2,1-2H3. The first-order valence-electron chi connectivity index (χ1n) is 6.84. The van der Waals surface area contributed by atoms with Crippen molar-refractivity contribution >= 4 is 11.6 Å². The van der Waals surface area contributed by atoms with E-state index >= 15 is 0 Å². The van der Waals surface area contributed by atoms with E-state index in [0.29, 0.717) is 22.8 Å². The smallest absolute Gasteiger partial charge is 0.134 e. The molecule has 0 saturated carbocycles. The second kappa shape index (κ2) is 6.96. The van der Waals surface area contributed by atoms with Crippen molar-refractivity contribution < 1.29 is 8.78 Å². The molecule has 1 unspecified atom stereocenters. The maximum absolute atomic E-state index is 14.4. The fraction of sp³-hybridized carbons (Fsp3) is 0.312. The van der Waals surface area contributed by atoms with Crippen molar-refractivity contribution in [2.45, 2.75) is 26.3 Å². The van der Waals surface area contributed by atoms with Gasteiger partial charge in [-0.2, -0.15) is 0 Å². The van der Waals surface area contributed by atoms with Crippen molar-refractivity contribution in [1.82, 2.24) is 10.3 Å². The lowest BCUT2D eigenvalue weighted by Crippen LogP contribution is -2.26. The monoisotopic (exact) mass is 310 g/mol. The predicted molar refractivity (Wildman–Crippen MR) is 80.5 cm³/mol. The molecule has 1 N–H and O–H groups in total. The SMILES string of the molecule is CCCNC(c1ncccc1Cl)c1c(F)ccc(C)c1F. The van der Waals surface area contributed by atoms with Crippen LogP contribution in [-0.2, 0) is 0 Å². The van der Waals surface area contributed by atoms with Gasteiger partial charge in [0, 0.05) is 11.8 Å². The third-order valence-electron chi connectivity index (χ3n) is 3.27. The van der Waals surface area contributed by atoms with Crippen LogP contribution in [0.4, 0.5) is 8.78 Å². The Morgan fingerprint density at radius 1 is 1.29 bits per heavy atom. The number of hydrogen-bond acceptors (Lipinski definition) is 2. The second-order valence-corrected chi connectivity index (χ2v) is 5.26. The largest absolute Gasteiger partial charge is 0.305 e. The van der Waals surface area contributed by atoms with E-state index in [2.05, 4.69) is 10.3 Å². The molecule has 0 aliphatic heterocycles. The molecule has 0 radical (unpaired) electrons. The minimum atomic E-state index is -0.710. The number of pyridine rings is 1. The van der Waals surface area contributed by atoms with E-state index in [1.807, 2.05) is 6.92 Å². The van der Waals surface area contributed by atoms with Gasteiger partial charge in [-0.3, -0.25) is 4.98 Å². The molecule has 0 bridgehead atoms. The summed E-state index contributed by atoms with van der Waals surface area (Å²) in [5.74, 6) is -1.17. The summed E-state index contributed by atoms with van der Waals surface area (Å²) in [6.45, 7) is 4.19. The molecule has 0 amide bonds. The molecule has 1 aromatic heterocycles. The van der Waals surface area contributed by atoms with Gasteiger partial charge in [0.2, 0.25) is 0 Å². The van der Waals surface area contributed by atoms with Gasteiger partial charge in [0.1, 0.15) is 11.6 Å². The summed E-state index contributed by atoms with van der Waals surface area (Å²) in [4.78, 5) is 4.19. The Morgan fingerprint density at radius 2 is 2.05 bits per heavy atom. The van der Waals surface area contributed by atoms with Crippen molar-refractivity contribution in [3.8, 4) is 0 Å². The molecule has 2 nitrogen and oxygen atoms in total. The maximum atomic E-state index is 14.4. The van der Waals surface area contributed by atoms with Crippen molar-refractivity contribution in [3.05, 3.63) is 63.9 Å². The molecule has 1 heterocycles. The normalized spacial score (nSPS) is 12.4. The first-order valence-corrected chi connectivity index (χ1v) is 7.22. The van der Waals surface area contributed by atoms with Crippen LogP contribution < -0.4 is 5.32 Å². The summed E-state index contributed by atoms with van der Waals surface area (Å²) in [6.07, 6.45) is 2.39. The zero-order valence-electron chi connectivity index (χ0n) is 12.0. The predicted octanol–water partition coefficient (Wildman–Crippen LogP) is 4.41. The Bertz CT molecular complexity index is 632. The van der Waals surface area contributed by atoms with Gasteiger partial charge in [-0.1, -0.05) is 24.6 Å². The first-order chi connectivity index (χ1) is 10.1. The molecule has 21 heavy (non-hydrogen) atoms. The molecule has 0 fully saturated rings. The number of rotatable bonds is 5. The molecule has 1 atom stereocenters. The van der Waals surface area contributed by atoms with Crippen LogP contribution >= 0.6 is 11.6 Å². The number of halogens is 3. The van der Waals surface area contributed by atoms with Gasteiger partial charge in [-0.25, -0.2) is 8.78 Å². The van der Waals surface area contributed by atoms with Crippen molar-refractivity contribution in [2.75, 3.05) is 6.54 Å². The molecule has 1 aromatic carbocycles. The van der Waals surface area contributed by atoms with Crippen molar-refractivity contribution in [2.24, 2.45) is 0 Å². The number of nitrogens with one attached hydrogen (secondary N) is 1. The molecule has 0 aliphatic rings. The van der Waals surface area contributed by atoms with Crippen LogP contribution in [0.15, 0.2) is 30.5 Å². The van der Waals surface area contributed by atoms with Crippen LogP contribution in [0.2, 0.25) is 5.02 Å². The van der Waals surface area contributed by atoms with Crippen LogP contribution in [0.25, 0.3) is 0 Å². The topological polar surface area (TPSA) is 24.9 Å². The van der Waals surface area contributed by atoms with Crippen LogP contribution in [0.1, 0.15) is 36.2 Å². The van der Waals surface area contributed by atoms with Gasteiger partial charge in [-0.15, -0.1) is 0 Å². The fourth-order valence-electron chi connectivity index (χ4n) is 2.18. The van der Waals surface area contributed by atoms with Crippen LogP contribution in [-0.4, -0.2) is 11.5 Å². The number of benzene rings is 1. The minimum absolute atomic E-state index is 0.0379. The van der Waals surface area contributed by atoms with Gasteiger partial charge in [-0.05, 0) is 43.7 Å². The molecule has 2 rings (SSSR count). The first kappa shape index (κ1) is 15.9. The summed E-state index contributed by atoms with van der Waals surface area (Å²) < 4.78 is 28.6. The highest BCUT2D eigenvalue weighted by Crippen LogP contribution is 2.31. The van der Waals surface area contributed by atoms with Crippen molar-refractivity contribution in [1.29, 1.82) is 0 Å². The van der Waals surface area contributed by atoms with Gasteiger partial charge in [0.25, 0.3) is 0 Å². The molecular weight excluding hydrogens is 294 g/mol. The average molecular weight is 311 g/mol. The molecule has 0 spiro atoms. The van der Waals surface area contributed by atoms with E-state index in [1.165, 1.54) is 12.1 Å². The van der Waals surface area contributed by atoms with E-state index in [9.17, 15) is 8.78 Å². The number of aromatic nitrogens is 1. The zero-order valence-corrected chi connectivity index (χ0v) is 12.7. The summed E-state index contributed by atoms with van der Waals surface area (Å²) in [6, 6.07) is 5.33. The summed E-state index contributed by atoms with van der Waals surface area (Å²) in [5, 5.41) is 3.51. The summed E-state index contributed by atoms with van der Waals surface area (Å²) in [5.41, 5.74) is 0.779. The van der Waals surface area contributed by atoms with Gasteiger partial charge >= 0.3 is 0 Å². The molecule has 0 aliphatic carbocycles. The molecule has 0 saturated heterocycles. The highest BCUT2D eigenvalue weighted by Gasteiger charge is 2.25. The van der Waals surface area contributed by atoms with Crippen LogP contribution in [0.3, 0.4) is 0 Å². The fourth-order valence-corrected chi connectivity index (χ4v) is 2.41. The number of aryl methyl sites for hydroxylation is 1. The number of hydrogen-bond donors (Lipinski definition) is 1. The van der Waals surface area contributed by atoms with E-state index in [0.717, 1.165) is 6.42 Å². The highest BCUT2D eigenvalue weighted by atomic mass is 35.5. The Hall–Kier alpha value is -1.52. The van der Waals surface area contributed by atoms with Gasteiger partial charge in [0.15, 0.2) is 0 Å². The Kier molecular flexibility index (Phi) is 5.26. The van der Waals surface area contributed by atoms with Crippen molar-refractivity contribution in [3.63, 3.8) is 0 Å². The Labute approximate surface area is 128 Å². The molecule has 112 valence electrons. The summed E-state index contributed by atoms with van der Waals surface area (Å²) >= 11 is 6.14. The van der Waals surface area contributed by atoms with Gasteiger partial charge in [0.05, 0.1) is 16.8 Å². The lowest BCUT2D eigenvalue weighted by Gasteiger charge is -2.21. The lowest BCUT2D eigenvalue weighted by molar-refractivity contribution is 0.494. The van der Waals surface area contributed by atoms with E-state index < -0.39 is 17.7 Å². The van der Waals surface area contributed by atoms with E-state index in [1.54, 1.807) is 25.3 Å².